The Bertz CT molecular complexity index is 524. The van der Waals surface area contributed by atoms with Gasteiger partial charge in [-0.1, -0.05) is 25.1 Å². The molecule has 1 aromatic heterocycles. The highest BCUT2D eigenvalue weighted by Gasteiger charge is 2.16. The molecule has 1 unspecified atom stereocenters. The van der Waals surface area contributed by atoms with Crippen molar-refractivity contribution in [2.24, 2.45) is 0 Å². The van der Waals surface area contributed by atoms with Crippen LogP contribution in [0.15, 0.2) is 30.6 Å². The average molecular weight is 370 g/mol. The largest absolute Gasteiger partial charge is 0.313 e. The fraction of sp³-hybridized carbons (Fsp3) is 0.429. The van der Waals surface area contributed by atoms with Gasteiger partial charge >= 0.3 is 0 Å². The second kappa shape index (κ2) is 7.00. The lowest BCUT2D eigenvalue weighted by molar-refractivity contribution is 0.516. The van der Waals surface area contributed by atoms with Gasteiger partial charge in [-0.05, 0) is 47.7 Å². The van der Waals surface area contributed by atoms with Crippen molar-refractivity contribution in [2.75, 3.05) is 7.05 Å². The van der Waals surface area contributed by atoms with Crippen LogP contribution in [0.5, 0.6) is 0 Å². The van der Waals surface area contributed by atoms with Gasteiger partial charge < -0.3 is 5.32 Å². The molecule has 1 atom stereocenters. The minimum absolute atomic E-state index is 0.271. The Kier molecular flexibility index (Phi) is 5.33. The van der Waals surface area contributed by atoms with E-state index < -0.39 is 0 Å². The topological polar surface area (TPSA) is 42.7 Å². The van der Waals surface area contributed by atoms with Crippen molar-refractivity contribution >= 4 is 22.6 Å². The number of hydrogen-bond donors (Lipinski definition) is 1. The second-order valence-corrected chi connectivity index (χ2v) is 5.63. The summed E-state index contributed by atoms with van der Waals surface area (Å²) in [4.78, 5) is 4.39. The van der Waals surface area contributed by atoms with E-state index in [0.717, 1.165) is 25.2 Å². The van der Waals surface area contributed by atoms with Gasteiger partial charge in [-0.2, -0.15) is 5.10 Å². The zero-order valence-corrected chi connectivity index (χ0v) is 13.5. The van der Waals surface area contributed by atoms with Crippen LogP contribution in [-0.4, -0.2) is 21.8 Å². The smallest absolute Gasteiger partial charge is 0.138 e. The quantitative estimate of drug-likeness (QED) is 0.796. The van der Waals surface area contributed by atoms with Crippen molar-refractivity contribution in [1.82, 2.24) is 20.1 Å². The van der Waals surface area contributed by atoms with Gasteiger partial charge in [-0.25, -0.2) is 4.98 Å². The SMILES string of the molecule is CCCn1ncnc1CC(NC)c1ccccc1I. The lowest BCUT2D eigenvalue weighted by atomic mass is 10.0. The number of nitrogens with one attached hydrogen (secondary N) is 1. The van der Waals surface area contributed by atoms with Crippen LogP contribution in [0.3, 0.4) is 0 Å². The van der Waals surface area contributed by atoms with Crippen molar-refractivity contribution < 1.29 is 0 Å². The maximum absolute atomic E-state index is 4.39. The summed E-state index contributed by atoms with van der Waals surface area (Å²) < 4.78 is 3.28. The second-order valence-electron chi connectivity index (χ2n) is 4.47. The minimum Gasteiger partial charge on any atom is -0.313 e. The van der Waals surface area contributed by atoms with Gasteiger partial charge in [0.2, 0.25) is 0 Å². The Labute approximate surface area is 127 Å². The number of aryl methyl sites for hydroxylation is 1. The van der Waals surface area contributed by atoms with Crippen LogP contribution < -0.4 is 5.32 Å². The van der Waals surface area contributed by atoms with Crippen LogP contribution in [0.1, 0.15) is 30.8 Å². The Hall–Kier alpha value is -0.950. The molecule has 4 nitrogen and oxygen atoms in total. The fourth-order valence-corrected chi connectivity index (χ4v) is 2.92. The first kappa shape index (κ1) is 14.5. The number of aromatic nitrogens is 3. The molecule has 2 aromatic rings. The van der Waals surface area contributed by atoms with Crippen LogP contribution in [0.25, 0.3) is 0 Å². The third kappa shape index (κ3) is 3.54. The summed E-state index contributed by atoms with van der Waals surface area (Å²) in [7, 11) is 1.99. The maximum Gasteiger partial charge on any atom is 0.138 e. The van der Waals surface area contributed by atoms with E-state index in [1.54, 1.807) is 6.33 Å². The normalized spacial score (nSPS) is 12.6. The molecule has 0 spiro atoms. The van der Waals surface area contributed by atoms with E-state index in [0.29, 0.717) is 0 Å². The van der Waals surface area contributed by atoms with Crippen molar-refractivity contribution in [1.29, 1.82) is 0 Å². The first-order valence-corrected chi connectivity index (χ1v) is 7.62. The molecule has 0 aliphatic rings. The van der Waals surface area contributed by atoms with Crippen LogP contribution in [-0.2, 0) is 13.0 Å². The number of halogens is 1. The Morgan fingerprint density at radius 1 is 1.37 bits per heavy atom. The van der Waals surface area contributed by atoms with Gasteiger partial charge in [0.1, 0.15) is 12.2 Å². The molecule has 1 N–H and O–H groups in total. The van der Waals surface area contributed by atoms with E-state index in [9.17, 15) is 0 Å². The summed E-state index contributed by atoms with van der Waals surface area (Å²) >= 11 is 2.38. The summed E-state index contributed by atoms with van der Waals surface area (Å²) in [5, 5.41) is 7.67. The first-order valence-electron chi connectivity index (χ1n) is 6.54. The van der Waals surface area contributed by atoms with Crippen LogP contribution >= 0.6 is 22.6 Å². The predicted molar refractivity (Wildman–Crippen MR) is 85.0 cm³/mol. The summed E-state index contributed by atoms with van der Waals surface area (Å²) in [6, 6.07) is 8.73. The first-order chi connectivity index (χ1) is 9.26. The third-order valence-corrected chi connectivity index (χ3v) is 4.13. The van der Waals surface area contributed by atoms with E-state index >= 15 is 0 Å². The fourth-order valence-electron chi connectivity index (χ4n) is 2.15. The molecule has 0 bridgehead atoms. The number of rotatable bonds is 6. The Morgan fingerprint density at radius 3 is 2.84 bits per heavy atom. The molecule has 0 amide bonds. The summed E-state index contributed by atoms with van der Waals surface area (Å²) in [5.74, 6) is 1.04. The minimum atomic E-state index is 0.271. The van der Waals surface area contributed by atoms with Gasteiger partial charge in [-0.15, -0.1) is 0 Å². The third-order valence-electron chi connectivity index (χ3n) is 3.15. The number of nitrogens with zero attached hydrogens (tertiary/aromatic N) is 3. The van der Waals surface area contributed by atoms with Gasteiger partial charge in [0, 0.05) is 22.6 Å². The molecular weight excluding hydrogens is 351 g/mol. The number of likely N-dealkylation sites (N-methyl/N-ethyl adjacent to an activating group) is 1. The van der Waals surface area contributed by atoms with E-state index in [1.165, 1.54) is 9.13 Å². The molecular formula is C14H19IN4. The van der Waals surface area contributed by atoms with E-state index in [2.05, 4.69) is 69.2 Å². The molecule has 5 heteroatoms. The molecule has 0 aliphatic heterocycles. The number of hydrogen-bond acceptors (Lipinski definition) is 3. The highest BCUT2D eigenvalue weighted by molar-refractivity contribution is 14.1. The number of benzene rings is 1. The Balaban J connectivity index is 2.19. The predicted octanol–water partition coefficient (Wildman–Crippen LogP) is 2.80. The molecule has 0 saturated heterocycles. The molecule has 2 rings (SSSR count). The lowest BCUT2D eigenvalue weighted by Gasteiger charge is -2.18. The molecule has 0 aliphatic carbocycles. The molecule has 19 heavy (non-hydrogen) atoms. The van der Waals surface area contributed by atoms with Gasteiger partial charge in [0.15, 0.2) is 0 Å². The highest BCUT2D eigenvalue weighted by atomic mass is 127. The van der Waals surface area contributed by atoms with E-state index in [4.69, 9.17) is 0 Å². The van der Waals surface area contributed by atoms with Crippen molar-refractivity contribution in [3.05, 3.63) is 45.6 Å². The summed E-state index contributed by atoms with van der Waals surface area (Å²) in [5.41, 5.74) is 1.32. The van der Waals surface area contributed by atoms with Gasteiger partial charge in [-0.3, -0.25) is 4.68 Å². The van der Waals surface area contributed by atoms with Gasteiger partial charge in [0.05, 0.1) is 0 Å². The van der Waals surface area contributed by atoms with E-state index in [1.807, 2.05) is 11.7 Å². The van der Waals surface area contributed by atoms with Crippen molar-refractivity contribution in [3.63, 3.8) is 0 Å². The van der Waals surface area contributed by atoms with Crippen LogP contribution in [0.4, 0.5) is 0 Å². The molecule has 1 heterocycles. The zero-order valence-electron chi connectivity index (χ0n) is 11.3. The van der Waals surface area contributed by atoms with Crippen LogP contribution in [0, 0.1) is 3.57 Å². The molecule has 102 valence electrons. The van der Waals surface area contributed by atoms with E-state index in [-0.39, 0.29) is 6.04 Å². The van der Waals surface area contributed by atoms with Gasteiger partial charge in [0.25, 0.3) is 0 Å². The lowest BCUT2D eigenvalue weighted by Crippen LogP contribution is -2.22. The summed E-state index contributed by atoms with van der Waals surface area (Å²) in [6.07, 6.45) is 3.58. The molecule has 0 radical (unpaired) electrons. The highest BCUT2D eigenvalue weighted by Crippen LogP contribution is 2.22. The molecule has 1 aromatic carbocycles. The zero-order chi connectivity index (χ0) is 13.7. The maximum atomic E-state index is 4.39. The van der Waals surface area contributed by atoms with Crippen molar-refractivity contribution in [3.8, 4) is 0 Å². The molecule has 0 fully saturated rings. The van der Waals surface area contributed by atoms with Crippen LogP contribution in [0.2, 0.25) is 0 Å². The Morgan fingerprint density at radius 2 is 2.16 bits per heavy atom. The summed E-state index contributed by atoms with van der Waals surface area (Å²) in [6.45, 7) is 3.08. The molecule has 0 saturated carbocycles. The monoisotopic (exact) mass is 370 g/mol. The van der Waals surface area contributed by atoms with Crippen molar-refractivity contribution in [2.45, 2.75) is 32.4 Å². The standard InChI is InChI=1S/C14H19IN4/c1-3-8-19-14(17-10-18-19)9-13(16-2)11-6-4-5-7-12(11)15/h4-7,10,13,16H,3,8-9H2,1-2H3. The average Bonchev–Trinajstić information content (AvgIpc) is 2.85.